The molecule has 0 unspecified atom stereocenters. The number of aromatic nitrogens is 3. The molecular formula is C17H14F2N4O2. The predicted molar refractivity (Wildman–Crippen MR) is 87.6 cm³/mol. The number of carbonyl (C=O) groups is 1. The number of hydrogen-bond acceptors (Lipinski definition) is 4. The van der Waals surface area contributed by atoms with Gasteiger partial charge in [-0.1, -0.05) is 0 Å². The molecule has 1 aliphatic rings. The molecule has 0 spiro atoms. The molecule has 0 atom stereocenters. The van der Waals surface area contributed by atoms with E-state index in [9.17, 15) is 13.6 Å². The van der Waals surface area contributed by atoms with E-state index in [2.05, 4.69) is 25.0 Å². The summed E-state index contributed by atoms with van der Waals surface area (Å²) in [5, 5.41) is 2.84. The van der Waals surface area contributed by atoms with Gasteiger partial charge >= 0.3 is 6.61 Å². The summed E-state index contributed by atoms with van der Waals surface area (Å²) in [5.74, 6) is 0.284. The number of imidazole rings is 1. The maximum atomic E-state index is 12.6. The molecule has 6 nitrogen and oxygen atoms in total. The molecule has 3 aromatic rings. The first kappa shape index (κ1) is 15.5. The fourth-order valence-electron chi connectivity index (χ4n) is 2.96. The average molecular weight is 344 g/mol. The van der Waals surface area contributed by atoms with Gasteiger partial charge in [0.25, 0.3) is 0 Å². The van der Waals surface area contributed by atoms with E-state index in [0.717, 1.165) is 5.56 Å². The lowest BCUT2D eigenvalue weighted by atomic mass is 9.86. The van der Waals surface area contributed by atoms with E-state index < -0.39 is 12.0 Å². The molecule has 1 aromatic carbocycles. The third-order valence-corrected chi connectivity index (χ3v) is 4.36. The van der Waals surface area contributed by atoms with Gasteiger partial charge < -0.3 is 15.0 Å². The highest BCUT2D eigenvalue weighted by atomic mass is 19.3. The number of rotatable bonds is 3. The molecule has 1 amide bonds. The van der Waals surface area contributed by atoms with Crippen LogP contribution in [0.15, 0.2) is 30.6 Å². The molecule has 128 valence electrons. The van der Waals surface area contributed by atoms with Gasteiger partial charge in [0.1, 0.15) is 11.6 Å². The SMILES string of the molecule is CC1(C)C(=O)Nc2cc3[nH]c(-c4cnccc4OC(F)F)nc3cc21. The highest BCUT2D eigenvalue weighted by Crippen LogP contribution is 2.40. The highest BCUT2D eigenvalue weighted by molar-refractivity contribution is 6.07. The lowest BCUT2D eigenvalue weighted by Gasteiger charge is -2.14. The minimum absolute atomic E-state index is 0.00905. The molecule has 8 heteroatoms. The summed E-state index contributed by atoms with van der Waals surface area (Å²) in [6, 6.07) is 4.97. The van der Waals surface area contributed by atoms with Crippen molar-refractivity contribution in [1.82, 2.24) is 15.0 Å². The summed E-state index contributed by atoms with van der Waals surface area (Å²) in [6.45, 7) is 0.734. The molecule has 1 aliphatic heterocycles. The van der Waals surface area contributed by atoms with Crippen LogP contribution in [0.1, 0.15) is 19.4 Å². The summed E-state index contributed by atoms with van der Waals surface area (Å²) in [6.07, 6.45) is 2.78. The van der Waals surface area contributed by atoms with Crippen LogP contribution in [0.2, 0.25) is 0 Å². The van der Waals surface area contributed by atoms with Gasteiger partial charge in [-0.2, -0.15) is 8.78 Å². The number of alkyl halides is 2. The molecule has 0 fully saturated rings. The zero-order valence-corrected chi connectivity index (χ0v) is 13.4. The van der Waals surface area contributed by atoms with Crippen molar-refractivity contribution >= 4 is 22.6 Å². The van der Waals surface area contributed by atoms with Gasteiger partial charge in [0, 0.05) is 18.1 Å². The minimum atomic E-state index is -2.94. The van der Waals surface area contributed by atoms with Crippen molar-refractivity contribution in [3.05, 3.63) is 36.2 Å². The molecule has 0 aliphatic carbocycles. The molecule has 3 heterocycles. The third kappa shape index (κ3) is 2.41. The van der Waals surface area contributed by atoms with Crippen LogP contribution < -0.4 is 10.1 Å². The Labute approximate surface area is 141 Å². The standard InChI is InChI=1S/C17H14F2N4O2/c1-17(2)9-5-11-12(6-10(9)23-15(17)24)22-14(21-11)8-7-20-4-3-13(8)25-16(18)19/h3-7,16H,1-2H3,(H,21,22)(H,23,24). The monoisotopic (exact) mass is 344 g/mol. The Kier molecular flexibility index (Phi) is 3.24. The number of ether oxygens (including phenoxy) is 1. The molecule has 0 saturated carbocycles. The lowest BCUT2D eigenvalue weighted by molar-refractivity contribution is -0.119. The Morgan fingerprint density at radius 1 is 1.28 bits per heavy atom. The number of H-pyrrole nitrogens is 1. The summed E-state index contributed by atoms with van der Waals surface area (Å²) < 4.78 is 29.7. The first-order valence-corrected chi connectivity index (χ1v) is 7.61. The number of nitrogens with one attached hydrogen (secondary N) is 2. The number of anilines is 1. The van der Waals surface area contributed by atoms with Gasteiger partial charge in [-0.15, -0.1) is 0 Å². The zero-order chi connectivity index (χ0) is 17.8. The second-order valence-electron chi connectivity index (χ2n) is 6.33. The summed E-state index contributed by atoms with van der Waals surface area (Å²) in [5.41, 5.74) is 2.55. The van der Waals surface area contributed by atoms with E-state index in [1.54, 1.807) is 6.07 Å². The first-order valence-electron chi connectivity index (χ1n) is 7.61. The Balaban J connectivity index is 1.84. The first-order chi connectivity index (χ1) is 11.9. The smallest absolute Gasteiger partial charge is 0.387 e. The van der Waals surface area contributed by atoms with Gasteiger partial charge in [0.05, 0.1) is 22.0 Å². The largest absolute Gasteiger partial charge is 0.434 e. The maximum absolute atomic E-state index is 12.6. The summed E-state index contributed by atoms with van der Waals surface area (Å²) in [7, 11) is 0. The van der Waals surface area contributed by atoms with Gasteiger partial charge in [0.15, 0.2) is 0 Å². The highest BCUT2D eigenvalue weighted by Gasteiger charge is 2.38. The molecular weight excluding hydrogens is 330 g/mol. The normalized spacial score (nSPS) is 15.5. The van der Waals surface area contributed by atoms with E-state index >= 15 is 0 Å². The Morgan fingerprint density at radius 2 is 2.08 bits per heavy atom. The van der Waals surface area contributed by atoms with Crippen LogP contribution in [0.3, 0.4) is 0 Å². The van der Waals surface area contributed by atoms with Gasteiger partial charge in [-0.05, 0) is 37.6 Å². The molecule has 4 rings (SSSR count). The predicted octanol–water partition coefficient (Wildman–Crippen LogP) is 3.46. The molecule has 2 aromatic heterocycles. The van der Waals surface area contributed by atoms with Crippen LogP contribution in [0.25, 0.3) is 22.4 Å². The number of amides is 1. The van der Waals surface area contributed by atoms with Crippen LogP contribution in [0, 0.1) is 0 Å². The fourth-order valence-corrected chi connectivity index (χ4v) is 2.96. The van der Waals surface area contributed by atoms with Gasteiger partial charge in [-0.25, -0.2) is 4.98 Å². The second-order valence-corrected chi connectivity index (χ2v) is 6.33. The van der Waals surface area contributed by atoms with Crippen LogP contribution >= 0.6 is 0 Å². The average Bonchev–Trinajstić information content (AvgIpc) is 3.05. The maximum Gasteiger partial charge on any atom is 0.387 e. The van der Waals surface area contributed by atoms with E-state index in [1.165, 1.54) is 18.5 Å². The van der Waals surface area contributed by atoms with Gasteiger partial charge in [-0.3, -0.25) is 9.78 Å². The third-order valence-electron chi connectivity index (χ3n) is 4.36. The molecule has 0 saturated heterocycles. The van der Waals surface area contributed by atoms with Crippen molar-refractivity contribution in [2.75, 3.05) is 5.32 Å². The molecule has 0 radical (unpaired) electrons. The lowest BCUT2D eigenvalue weighted by Crippen LogP contribution is -2.26. The van der Waals surface area contributed by atoms with Crippen molar-refractivity contribution < 1.29 is 18.3 Å². The Hall–Kier alpha value is -3.03. The van der Waals surface area contributed by atoms with Crippen LogP contribution in [-0.4, -0.2) is 27.5 Å². The van der Waals surface area contributed by atoms with Crippen molar-refractivity contribution in [3.8, 4) is 17.1 Å². The van der Waals surface area contributed by atoms with Crippen molar-refractivity contribution in [1.29, 1.82) is 0 Å². The number of benzene rings is 1. The van der Waals surface area contributed by atoms with Crippen LogP contribution in [0.4, 0.5) is 14.5 Å². The Bertz CT molecular complexity index is 997. The van der Waals surface area contributed by atoms with Crippen LogP contribution in [0.5, 0.6) is 5.75 Å². The molecule has 25 heavy (non-hydrogen) atoms. The van der Waals surface area contributed by atoms with E-state index in [0.29, 0.717) is 28.1 Å². The number of hydrogen-bond donors (Lipinski definition) is 2. The Morgan fingerprint density at radius 3 is 2.84 bits per heavy atom. The number of pyridine rings is 1. The van der Waals surface area contributed by atoms with Crippen molar-refractivity contribution in [2.45, 2.75) is 25.9 Å². The number of fused-ring (bicyclic) bond motifs is 2. The number of nitrogens with zero attached hydrogens (tertiary/aromatic N) is 2. The minimum Gasteiger partial charge on any atom is -0.434 e. The molecule has 2 N–H and O–H groups in total. The zero-order valence-electron chi connectivity index (χ0n) is 13.4. The van der Waals surface area contributed by atoms with E-state index in [-0.39, 0.29) is 11.7 Å². The van der Waals surface area contributed by atoms with Crippen molar-refractivity contribution in [3.63, 3.8) is 0 Å². The van der Waals surface area contributed by atoms with E-state index in [4.69, 9.17) is 0 Å². The van der Waals surface area contributed by atoms with Gasteiger partial charge in [0.2, 0.25) is 5.91 Å². The fraction of sp³-hybridized carbons (Fsp3) is 0.235. The van der Waals surface area contributed by atoms with Crippen molar-refractivity contribution in [2.24, 2.45) is 0 Å². The summed E-state index contributed by atoms with van der Waals surface area (Å²) >= 11 is 0. The quantitative estimate of drug-likeness (QED) is 0.763. The topological polar surface area (TPSA) is 79.9 Å². The number of halogens is 2. The molecule has 0 bridgehead atoms. The number of aromatic amines is 1. The van der Waals surface area contributed by atoms with E-state index in [1.807, 2.05) is 19.9 Å². The second kappa shape index (κ2) is 5.23. The number of carbonyl (C=O) groups excluding carboxylic acids is 1. The van der Waals surface area contributed by atoms with Crippen LogP contribution in [-0.2, 0) is 10.2 Å². The summed E-state index contributed by atoms with van der Waals surface area (Å²) in [4.78, 5) is 23.5.